The van der Waals surface area contributed by atoms with Crippen LogP contribution in [0, 0.1) is 0 Å². The van der Waals surface area contributed by atoms with Crippen molar-refractivity contribution in [3.05, 3.63) is 100 Å². The number of hydrogen-bond acceptors (Lipinski definition) is 8. The predicted molar refractivity (Wildman–Crippen MR) is 146 cm³/mol. The van der Waals surface area contributed by atoms with Gasteiger partial charge in [0.05, 0.1) is 19.1 Å². The molecule has 2 heterocycles. The van der Waals surface area contributed by atoms with Gasteiger partial charge in [-0.05, 0) is 42.8 Å². The Morgan fingerprint density at radius 1 is 1.08 bits per heavy atom. The van der Waals surface area contributed by atoms with E-state index >= 15 is 0 Å². The summed E-state index contributed by atoms with van der Waals surface area (Å²) in [5, 5.41) is 9.61. The van der Waals surface area contributed by atoms with Gasteiger partial charge in [0.15, 0.2) is 5.58 Å². The van der Waals surface area contributed by atoms with Crippen LogP contribution < -0.4 is 16.0 Å². The topological polar surface area (TPSA) is 118 Å². The van der Waals surface area contributed by atoms with Crippen LogP contribution in [0.2, 0.25) is 5.02 Å². The average Bonchev–Trinajstić information content (AvgIpc) is 3.31. The van der Waals surface area contributed by atoms with E-state index in [2.05, 4.69) is 20.9 Å². The van der Waals surface area contributed by atoms with Gasteiger partial charge in [-0.25, -0.2) is 4.99 Å². The minimum Gasteiger partial charge on any atom is -0.469 e. The number of benzene rings is 3. The first kappa shape index (κ1) is 25.0. The van der Waals surface area contributed by atoms with Gasteiger partial charge in [-0.2, -0.15) is 4.98 Å². The molecule has 5 rings (SSSR count). The van der Waals surface area contributed by atoms with Gasteiger partial charge >= 0.3 is 12.0 Å². The number of halogens is 1. The summed E-state index contributed by atoms with van der Waals surface area (Å²) in [6, 6.07) is 21.2. The molecule has 0 saturated heterocycles. The Balaban J connectivity index is 1.44. The molecule has 1 amide bonds. The van der Waals surface area contributed by atoms with Crippen LogP contribution in [0.3, 0.4) is 0 Å². The van der Waals surface area contributed by atoms with Gasteiger partial charge in [0.2, 0.25) is 5.96 Å². The number of para-hydroxylation sites is 2. The minimum atomic E-state index is -0.713. The van der Waals surface area contributed by atoms with E-state index in [0.717, 1.165) is 0 Å². The first-order valence-electron chi connectivity index (χ1n) is 11.8. The van der Waals surface area contributed by atoms with Crippen molar-refractivity contribution in [2.24, 2.45) is 4.99 Å². The number of anilines is 2. The second-order valence-corrected chi connectivity index (χ2v) is 8.99. The number of guanidine groups is 1. The van der Waals surface area contributed by atoms with E-state index in [1.165, 1.54) is 7.11 Å². The molecule has 4 aromatic rings. The number of nitrogens with zero attached hydrogens (tertiary/aromatic N) is 2. The van der Waals surface area contributed by atoms with E-state index in [1.807, 2.05) is 42.5 Å². The summed E-state index contributed by atoms with van der Waals surface area (Å²) in [4.78, 5) is 34.5. The molecule has 38 heavy (non-hydrogen) atoms. The molecule has 0 fully saturated rings. The maximum atomic E-state index is 13.6. The van der Waals surface area contributed by atoms with Gasteiger partial charge < -0.3 is 19.8 Å². The molecule has 1 atom stereocenters. The highest BCUT2D eigenvalue weighted by Crippen LogP contribution is 2.35. The van der Waals surface area contributed by atoms with Crippen LogP contribution in [0.5, 0.6) is 0 Å². The number of aliphatic imine (C=N–C) groups is 1. The fourth-order valence-electron chi connectivity index (χ4n) is 4.18. The number of esters is 1. The van der Waals surface area contributed by atoms with Crippen LogP contribution in [0.15, 0.2) is 93.5 Å². The summed E-state index contributed by atoms with van der Waals surface area (Å²) in [6.45, 7) is 1.79. The third-order valence-electron chi connectivity index (χ3n) is 5.97. The molecule has 3 N–H and O–H groups in total. The molecule has 9 nitrogen and oxygen atoms in total. The van der Waals surface area contributed by atoms with E-state index < -0.39 is 6.04 Å². The number of carbonyl (C=O) groups excluding carboxylic acids is 2. The standard InChI is InChI=1S/C28H24ClN5O4/c1-16-24(26(36)31-18-9-7-8-17(14-18)15-23(35)37-2)25(19-10-3-4-11-20(19)29)33-27(30-16)34-28-32-21-12-5-6-13-22(21)38-28/h3-14,25H,15H2,1-2H3,(H,31,36)(H2,30,32,33,34). The number of rotatable bonds is 6. The number of aromatic nitrogens is 1. The summed E-state index contributed by atoms with van der Waals surface area (Å²) in [5.41, 5.74) is 4.22. The molecule has 192 valence electrons. The maximum Gasteiger partial charge on any atom is 0.309 e. The fraction of sp³-hybridized carbons (Fsp3) is 0.143. The molecular weight excluding hydrogens is 506 g/mol. The largest absolute Gasteiger partial charge is 0.469 e. The number of carbonyl (C=O) groups is 2. The third kappa shape index (κ3) is 5.37. The smallest absolute Gasteiger partial charge is 0.309 e. The number of fused-ring (bicyclic) bond motifs is 1. The van der Waals surface area contributed by atoms with Crippen molar-refractivity contribution < 1.29 is 18.7 Å². The van der Waals surface area contributed by atoms with E-state index in [-0.39, 0.29) is 24.3 Å². The van der Waals surface area contributed by atoms with E-state index in [1.54, 1.807) is 37.3 Å². The van der Waals surface area contributed by atoms with Gasteiger partial charge in [-0.15, -0.1) is 0 Å². The minimum absolute atomic E-state index is 0.0981. The number of hydrogen-bond donors (Lipinski definition) is 3. The first-order chi connectivity index (χ1) is 18.4. The van der Waals surface area contributed by atoms with Crippen LogP contribution in [0.1, 0.15) is 24.1 Å². The summed E-state index contributed by atoms with van der Waals surface area (Å²) < 4.78 is 10.5. The van der Waals surface area contributed by atoms with Gasteiger partial charge in [-0.3, -0.25) is 14.9 Å². The quantitative estimate of drug-likeness (QED) is 0.293. The molecule has 0 spiro atoms. The summed E-state index contributed by atoms with van der Waals surface area (Å²) in [5.74, 6) is -0.369. The highest BCUT2D eigenvalue weighted by molar-refractivity contribution is 6.31. The van der Waals surface area contributed by atoms with Gasteiger partial charge in [0.1, 0.15) is 11.6 Å². The first-order valence-corrected chi connectivity index (χ1v) is 12.2. The maximum absolute atomic E-state index is 13.6. The SMILES string of the molecule is COC(=O)Cc1cccc(NC(=O)C2=C(C)NC(Nc3nc4ccccc4o3)=NC2c2ccccc2Cl)c1. The zero-order valence-electron chi connectivity index (χ0n) is 20.6. The van der Waals surface area contributed by atoms with Crippen molar-refractivity contribution in [2.75, 3.05) is 17.7 Å². The molecule has 0 saturated carbocycles. The number of oxazole rings is 1. The number of nitrogens with one attached hydrogen (secondary N) is 3. The molecule has 0 aliphatic carbocycles. The third-order valence-corrected chi connectivity index (χ3v) is 6.31. The Bertz CT molecular complexity index is 1560. The monoisotopic (exact) mass is 529 g/mol. The predicted octanol–water partition coefficient (Wildman–Crippen LogP) is 5.22. The lowest BCUT2D eigenvalue weighted by Gasteiger charge is -2.27. The molecule has 3 aromatic carbocycles. The highest BCUT2D eigenvalue weighted by Gasteiger charge is 2.31. The lowest BCUT2D eigenvalue weighted by molar-refractivity contribution is -0.139. The Morgan fingerprint density at radius 2 is 1.87 bits per heavy atom. The van der Waals surface area contributed by atoms with Crippen LogP contribution >= 0.6 is 11.6 Å². The lowest BCUT2D eigenvalue weighted by Crippen LogP contribution is -2.37. The summed E-state index contributed by atoms with van der Waals surface area (Å²) >= 11 is 6.54. The van der Waals surface area contributed by atoms with E-state index in [9.17, 15) is 9.59 Å². The number of ether oxygens (including phenoxy) is 1. The molecule has 1 aliphatic heterocycles. The van der Waals surface area contributed by atoms with Gasteiger partial charge in [0, 0.05) is 22.0 Å². The Morgan fingerprint density at radius 3 is 2.66 bits per heavy atom. The summed E-state index contributed by atoms with van der Waals surface area (Å²) in [7, 11) is 1.34. The van der Waals surface area contributed by atoms with E-state index in [4.69, 9.17) is 25.7 Å². The highest BCUT2D eigenvalue weighted by atomic mass is 35.5. The normalized spacial score (nSPS) is 15.0. The molecule has 1 aliphatic rings. The van der Waals surface area contributed by atoms with Crippen LogP contribution in [-0.4, -0.2) is 29.9 Å². The molecule has 1 aromatic heterocycles. The van der Waals surface area contributed by atoms with Crippen molar-refractivity contribution in [1.29, 1.82) is 0 Å². The Kier molecular flexibility index (Phi) is 7.10. The van der Waals surface area contributed by atoms with Gasteiger partial charge in [-0.1, -0.05) is 54.1 Å². The lowest BCUT2D eigenvalue weighted by atomic mass is 9.95. The molecule has 10 heteroatoms. The molecular formula is C28H24ClN5O4. The van der Waals surface area contributed by atoms with Crippen LogP contribution in [-0.2, 0) is 20.7 Å². The van der Waals surface area contributed by atoms with Gasteiger partial charge in [0.25, 0.3) is 5.91 Å². The Labute approximate surface area is 223 Å². The number of amides is 1. The van der Waals surface area contributed by atoms with Crippen molar-refractivity contribution in [2.45, 2.75) is 19.4 Å². The van der Waals surface area contributed by atoms with Crippen LogP contribution in [0.25, 0.3) is 11.1 Å². The molecule has 0 bridgehead atoms. The molecule has 1 unspecified atom stereocenters. The number of methoxy groups -OCH3 is 1. The number of allylic oxidation sites excluding steroid dienone is 1. The van der Waals surface area contributed by atoms with Crippen molar-refractivity contribution >= 4 is 52.2 Å². The van der Waals surface area contributed by atoms with E-state index in [0.29, 0.717) is 50.2 Å². The second-order valence-electron chi connectivity index (χ2n) is 8.58. The van der Waals surface area contributed by atoms with Crippen molar-refractivity contribution in [3.8, 4) is 0 Å². The summed E-state index contributed by atoms with van der Waals surface area (Å²) in [6.07, 6.45) is 0.0981. The van der Waals surface area contributed by atoms with Crippen molar-refractivity contribution in [3.63, 3.8) is 0 Å². The average molecular weight is 530 g/mol. The Hall–Kier alpha value is -4.63. The zero-order valence-corrected chi connectivity index (χ0v) is 21.4. The fourth-order valence-corrected chi connectivity index (χ4v) is 4.42. The zero-order chi connectivity index (χ0) is 26.6. The second kappa shape index (κ2) is 10.8. The van der Waals surface area contributed by atoms with Crippen molar-refractivity contribution in [1.82, 2.24) is 10.3 Å². The molecule has 0 radical (unpaired) electrons. The van der Waals surface area contributed by atoms with Crippen LogP contribution in [0.4, 0.5) is 11.7 Å².